The average molecular weight is 821 g/mol. The van der Waals surface area contributed by atoms with Crippen LogP contribution in [0.25, 0.3) is 11.3 Å². The van der Waals surface area contributed by atoms with Crippen LogP contribution in [0.1, 0.15) is 64.4 Å². The van der Waals surface area contributed by atoms with Crippen LogP contribution in [0.15, 0.2) is 66.9 Å². The number of carboxylic acids is 1. The Morgan fingerprint density at radius 1 is 0.983 bits per heavy atom. The number of halogens is 5. The van der Waals surface area contributed by atoms with Crippen molar-refractivity contribution in [3.63, 3.8) is 0 Å². The standard InChI is InChI=1S/C37H44F2N6O6.C2HF3O2/c1-23(30(47)11-8-17-44-31(48)14-15-32(44)49)41-36(51)28(40)16-18-45(33(50)22-46)34(37(2,3)4)35-42-29(26-19-25(38)12-13-27(26)39)21-43(35)20-24-9-6-5-7-10-24;3-2(4,5)1(6)7/h5-7,9-10,12-15,19,21,23,28,34,46H,8,11,16-18,20,22,40H2,1-4H3,(H,41,51);(H,6,7)/t23-,28-,34-;/m0./s1. The lowest BCUT2D eigenvalue weighted by molar-refractivity contribution is -0.192. The lowest BCUT2D eigenvalue weighted by Gasteiger charge is -2.40. The monoisotopic (exact) mass is 820 g/mol. The number of aliphatic carboxylic acids is 1. The molecule has 1 aliphatic heterocycles. The number of carbonyl (C=O) groups is 6. The number of aliphatic hydroxyl groups excluding tert-OH is 1. The van der Waals surface area contributed by atoms with E-state index in [1.54, 1.807) is 10.8 Å². The predicted molar refractivity (Wildman–Crippen MR) is 198 cm³/mol. The second-order valence-electron chi connectivity index (χ2n) is 14.4. The number of imide groups is 1. The number of nitrogens with one attached hydrogen (secondary N) is 1. The molecule has 0 radical (unpaired) electrons. The summed E-state index contributed by atoms with van der Waals surface area (Å²) >= 11 is 0. The summed E-state index contributed by atoms with van der Waals surface area (Å²) in [5.74, 6) is -6.24. The SMILES string of the molecule is C[C@H](NC(=O)[C@@H](N)CCN(C(=O)CO)[C@@H](c1nc(-c2cc(F)ccc2F)cn1Cc1ccccc1)C(C)(C)C)C(=O)CCCN1C(=O)C=CC1=O.O=C(O)C(F)(F)F. The summed E-state index contributed by atoms with van der Waals surface area (Å²) in [6.07, 6.45) is -0.978. The van der Waals surface area contributed by atoms with Crippen LogP contribution in [0, 0.1) is 17.0 Å². The molecule has 3 aromatic rings. The molecule has 314 valence electrons. The molecular formula is C39H45F5N6O8. The number of alkyl halides is 3. The molecule has 19 heteroatoms. The largest absolute Gasteiger partial charge is 0.490 e. The zero-order valence-corrected chi connectivity index (χ0v) is 32.1. The number of hydrogen-bond donors (Lipinski definition) is 4. The molecule has 0 aliphatic carbocycles. The number of aromatic nitrogens is 2. The van der Waals surface area contributed by atoms with Gasteiger partial charge >= 0.3 is 12.1 Å². The van der Waals surface area contributed by atoms with Gasteiger partial charge in [-0.15, -0.1) is 0 Å². The van der Waals surface area contributed by atoms with Crippen LogP contribution in [0.2, 0.25) is 0 Å². The minimum absolute atomic E-state index is 0.0108. The molecule has 0 saturated carbocycles. The van der Waals surface area contributed by atoms with Gasteiger partial charge in [-0.1, -0.05) is 51.1 Å². The summed E-state index contributed by atoms with van der Waals surface area (Å²) in [4.78, 5) is 78.7. The highest BCUT2D eigenvalue weighted by molar-refractivity contribution is 6.12. The molecule has 3 atom stereocenters. The molecule has 0 unspecified atom stereocenters. The van der Waals surface area contributed by atoms with Crippen molar-refractivity contribution in [2.24, 2.45) is 11.1 Å². The van der Waals surface area contributed by atoms with E-state index in [-0.39, 0.29) is 55.9 Å². The Morgan fingerprint density at radius 2 is 1.59 bits per heavy atom. The highest BCUT2D eigenvalue weighted by Gasteiger charge is 2.39. The van der Waals surface area contributed by atoms with Crippen molar-refractivity contribution in [1.29, 1.82) is 0 Å². The lowest BCUT2D eigenvalue weighted by Crippen LogP contribution is -2.50. The van der Waals surface area contributed by atoms with Gasteiger partial charge in [-0.25, -0.2) is 18.6 Å². The van der Waals surface area contributed by atoms with Gasteiger partial charge < -0.3 is 30.7 Å². The first-order valence-electron chi connectivity index (χ1n) is 17.9. The Hall–Kier alpha value is -5.82. The third-order valence-corrected chi connectivity index (χ3v) is 8.85. The zero-order valence-electron chi connectivity index (χ0n) is 32.1. The number of nitrogens with zero attached hydrogens (tertiary/aromatic N) is 4. The normalized spacial score (nSPS) is 14.4. The Labute approximate surface area is 330 Å². The van der Waals surface area contributed by atoms with Crippen LogP contribution in [0.4, 0.5) is 22.0 Å². The topological polar surface area (TPSA) is 205 Å². The van der Waals surface area contributed by atoms with Gasteiger partial charge in [0.2, 0.25) is 11.8 Å². The first-order valence-corrected chi connectivity index (χ1v) is 17.9. The molecule has 2 aromatic carbocycles. The maximum atomic E-state index is 15.0. The third kappa shape index (κ3) is 12.9. The van der Waals surface area contributed by atoms with Gasteiger partial charge in [0, 0.05) is 50.0 Å². The molecule has 0 saturated heterocycles. The number of imidazole rings is 1. The van der Waals surface area contributed by atoms with E-state index in [0.717, 1.165) is 40.8 Å². The summed E-state index contributed by atoms with van der Waals surface area (Å²) in [5, 5.41) is 19.8. The van der Waals surface area contributed by atoms with E-state index < -0.39 is 77.6 Å². The van der Waals surface area contributed by atoms with Crippen molar-refractivity contribution < 1.29 is 60.9 Å². The number of carbonyl (C=O) groups excluding carboxylic acids is 5. The van der Waals surface area contributed by atoms with Crippen LogP contribution >= 0.6 is 0 Å². The first kappa shape index (κ1) is 46.6. The maximum Gasteiger partial charge on any atom is 0.490 e. The van der Waals surface area contributed by atoms with Crippen LogP contribution in [0.5, 0.6) is 0 Å². The summed E-state index contributed by atoms with van der Waals surface area (Å²) < 4.78 is 62.7. The molecular weight excluding hydrogens is 775 g/mol. The molecule has 4 amide bonds. The Bertz CT molecular complexity index is 1980. The van der Waals surface area contributed by atoms with Crippen LogP contribution in [-0.4, -0.2) is 103 Å². The van der Waals surface area contributed by atoms with E-state index in [1.165, 1.54) is 11.8 Å². The molecule has 5 N–H and O–H groups in total. The van der Waals surface area contributed by atoms with E-state index in [2.05, 4.69) is 5.32 Å². The number of nitrogens with two attached hydrogens (primary N) is 1. The van der Waals surface area contributed by atoms with E-state index in [1.807, 2.05) is 51.1 Å². The summed E-state index contributed by atoms with van der Waals surface area (Å²) in [6, 6.07) is 9.56. The van der Waals surface area contributed by atoms with E-state index >= 15 is 0 Å². The lowest BCUT2D eigenvalue weighted by atomic mass is 9.84. The smallest absolute Gasteiger partial charge is 0.475 e. The molecule has 14 nitrogen and oxygen atoms in total. The van der Waals surface area contributed by atoms with E-state index in [0.29, 0.717) is 5.82 Å². The van der Waals surface area contributed by atoms with Gasteiger partial charge in [0.15, 0.2) is 5.78 Å². The van der Waals surface area contributed by atoms with Gasteiger partial charge in [-0.2, -0.15) is 13.2 Å². The number of Topliss-reactive ketones (excluding diaryl/α,β-unsaturated/α-hetero) is 1. The Balaban J connectivity index is 0.00000117. The molecule has 0 fully saturated rings. The molecule has 1 aromatic heterocycles. The fourth-order valence-corrected chi connectivity index (χ4v) is 5.95. The molecule has 1 aliphatic rings. The van der Waals surface area contributed by atoms with Gasteiger partial charge in [0.25, 0.3) is 11.8 Å². The molecule has 0 bridgehead atoms. The van der Waals surface area contributed by atoms with Crippen LogP contribution < -0.4 is 11.1 Å². The fraction of sp³-hybridized carbons (Fsp3) is 0.410. The predicted octanol–water partition coefficient (Wildman–Crippen LogP) is 3.91. The highest BCUT2D eigenvalue weighted by atomic mass is 19.4. The maximum absolute atomic E-state index is 15.0. The first-order chi connectivity index (χ1) is 27.0. The van der Waals surface area contributed by atoms with Crippen molar-refractivity contribution in [2.45, 2.75) is 77.8 Å². The third-order valence-electron chi connectivity index (χ3n) is 8.85. The number of benzene rings is 2. The second kappa shape index (κ2) is 20.0. The average Bonchev–Trinajstić information content (AvgIpc) is 3.70. The number of rotatable bonds is 16. The van der Waals surface area contributed by atoms with Crippen molar-refractivity contribution in [2.75, 3.05) is 19.7 Å². The van der Waals surface area contributed by atoms with Crippen molar-refractivity contribution in [3.05, 3.63) is 89.9 Å². The number of carboxylic acid groups (broad SMARTS) is 1. The molecule has 0 spiro atoms. The Morgan fingerprint density at radius 3 is 2.14 bits per heavy atom. The number of ketones is 1. The fourth-order valence-electron chi connectivity index (χ4n) is 5.95. The van der Waals surface area contributed by atoms with Crippen molar-refractivity contribution in [1.82, 2.24) is 24.7 Å². The van der Waals surface area contributed by atoms with Crippen LogP contribution in [0.3, 0.4) is 0 Å². The highest BCUT2D eigenvalue weighted by Crippen LogP contribution is 2.39. The Kier molecular flexibility index (Phi) is 16.1. The van der Waals surface area contributed by atoms with Crippen LogP contribution in [-0.2, 0) is 35.3 Å². The van der Waals surface area contributed by atoms with Gasteiger partial charge in [0.1, 0.15) is 24.1 Å². The minimum Gasteiger partial charge on any atom is -0.475 e. The summed E-state index contributed by atoms with van der Waals surface area (Å²) in [6.45, 7) is 6.51. The molecule has 58 heavy (non-hydrogen) atoms. The number of amides is 4. The minimum atomic E-state index is -5.08. The zero-order chi connectivity index (χ0) is 43.5. The quantitative estimate of drug-likeness (QED) is 0.121. The summed E-state index contributed by atoms with van der Waals surface area (Å²) in [5.41, 5.74) is 6.49. The van der Waals surface area contributed by atoms with E-state index in [4.69, 9.17) is 20.6 Å². The van der Waals surface area contributed by atoms with Gasteiger partial charge in [0.05, 0.1) is 23.8 Å². The molecule has 4 rings (SSSR count). The van der Waals surface area contributed by atoms with Gasteiger partial charge in [-0.05, 0) is 48.9 Å². The van der Waals surface area contributed by atoms with Gasteiger partial charge in [-0.3, -0.25) is 28.9 Å². The van der Waals surface area contributed by atoms with E-state index in [9.17, 15) is 51.0 Å². The molecule has 2 heterocycles. The van der Waals surface area contributed by atoms with Crippen molar-refractivity contribution in [3.8, 4) is 11.3 Å². The summed E-state index contributed by atoms with van der Waals surface area (Å²) in [7, 11) is 0. The van der Waals surface area contributed by atoms with Crippen molar-refractivity contribution >= 4 is 35.4 Å². The number of aliphatic hydroxyl groups is 1. The number of hydrogen-bond acceptors (Lipinski definition) is 9. The second-order valence-corrected chi connectivity index (χ2v) is 14.4.